The van der Waals surface area contributed by atoms with Gasteiger partial charge in [-0.15, -0.1) is 0 Å². The Morgan fingerprint density at radius 1 is 0.722 bits per heavy atom. The smallest absolute Gasteiger partial charge is 0.312 e. The zero-order chi connectivity index (χ0) is 14.0. The lowest BCUT2D eigenvalue weighted by molar-refractivity contribution is -0.151. The molecular formula is C14H28N2O2. The quantitative estimate of drug-likeness (QED) is 0.625. The van der Waals surface area contributed by atoms with Gasteiger partial charge in [0.1, 0.15) is 0 Å². The number of carbonyl (C=O) groups is 2. The molecule has 4 nitrogen and oxygen atoms in total. The van der Waals surface area contributed by atoms with Gasteiger partial charge in [0, 0.05) is 26.2 Å². The fourth-order valence-electron chi connectivity index (χ4n) is 1.79. The molecule has 0 spiro atoms. The second-order valence-corrected chi connectivity index (χ2v) is 4.48. The SMILES string of the molecule is CCCCN(CCCC)C(=O)C(=O)N(CC)CC. The maximum absolute atomic E-state index is 12.1. The van der Waals surface area contributed by atoms with Crippen LogP contribution in [-0.4, -0.2) is 47.8 Å². The fourth-order valence-corrected chi connectivity index (χ4v) is 1.79. The molecule has 0 atom stereocenters. The number of carbonyl (C=O) groups excluding carboxylic acids is 2. The number of nitrogens with zero attached hydrogens (tertiary/aromatic N) is 2. The summed E-state index contributed by atoms with van der Waals surface area (Å²) < 4.78 is 0. The third kappa shape index (κ3) is 5.52. The highest BCUT2D eigenvalue weighted by Crippen LogP contribution is 2.02. The lowest BCUT2D eigenvalue weighted by atomic mass is 10.2. The minimum absolute atomic E-state index is 0.333. The summed E-state index contributed by atoms with van der Waals surface area (Å²) in [6.07, 6.45) is 3.99. The number of hydrogen-bond donors (Lipinski definition) is 0. The highest BCUT2D eigenvalue weighted by atomic mass is 16.2. The molecule has 0 rings (SSSR count). The van der Waals surface area contributed by atoms with Crippen molar-refractivity contribution in [1.82, 2.24) is 9.80 Å². The first-order valence-corrected chi connectivity index (χ1v) is 7.20. The van der Waals surface area contributed by atoms with Crippen LogP contribution in [0.15, 0.2) is 0 Å². The molecule has 0 saturated carbocycles. The van der Waals surface area contributed by atoms with E-state index in [9.17, 15) is 9.59 Å². The van der Waals surface area contributed by atoms with Gasteiger partial charge in [0.05, 0.1) is 0 Å². The topological polar surface area (TPSA) is 40.6 Å². The van der Waals surface area contributed by atoms with E-state index in [-0.39, 0.29) is 11.8 Å². The van der Waals surface area contributed by atoms with E-state index in [0.717, 1.165) is 25.7 Å². The maximum Gasteiger partial charge on any atom is 0.312 e. The van der Waals surface area contributed by atoms with Gasteiger partial charge in [-0.05, 0) is 26.7 Å². The highest BCUT2D eigenvalue weighted by Gasteiger charge is 2.24. The Morgan fingerprint density at radius 2 is 1.11 bits per heavy atom. The van der Waals surface area contributed by atoms with Crippen LogP contribution in [0.2, 0.25) is 0 Å². The third-order valence-electron chi connectivity index (χ3n) is 3.08. The lowest BCUT2D eigenvalue weighted by Gasteiger charge is -2.25. The van der Waals surface area contributed by atoms with Gasteiger partial charge in [-0.2, -0.15) is 0 Å². The number of hydrogen-bond acceptors (Lipinski definition) is 2. The maximum atomic E-state index is 12.1. The molecule has 0 aromatic carbocycles. The minimum Gasteiger partial charge on any atom is -0.335 e. The van der Waals surface area contributed by atoms with E-state index in [1.165, 1.54) is 0 Å². The molecule has 4 heteroatoms. The molecule has 0 aliphatic rings. The molecule has 0 radical (unpaired) electrons. The molecule has 106 valence electrons. The highest BCUT2D eigenvalue weighted by molar-refractivity contribution is 6.34. The molecule has 0 N–H and O–H groups in total. The Bertz CT molecular complexity index is 242. The molecular weight excluding hydrogens is 228 g/mol. The van der Waals surface area contributed by atoms with Crippen molar-refractivity contribution >= 4 is 11.8 Å². The number of rotatable bonds is 8. The summed E-state index contributed by atoms with van der Waals surface area (Å²) in [6, 6.07) is 0. The van der Waals surface area contributed by atoms with E-state index >= 15 is 0 Å². The van der Waals surface area contributed by atoms with E-state index in [0.29, 0.717) is 26.2 Å². The summed E-state index contributed by atoms with van der Waals surface area (Å²) in [7, 11) is 0. The molecule has 0 aromatic heterocycles. The number of unbranched alkanes of at least 4 members (excludes halogenated alkanes) is 2. The number of likely N-dealkylation sites (N-methyl/N-ethyl adjacent to an activating group) is 1. The summed E-state index contributed by atoms with van der Waals surface area (Å²) in [6.45, 7) is 10.6. The van der Waals surface area contributed by atoms with Gasteiger partial charge >= 0.3 is 11.8 Å². The van der Waals surface area contributed by atoms with E-state index < -0.39 is 0 Å². The van der Waals surface area contributed by atoms with Crippen LogP contribution < -0.4 is 0 Å². The van der Waals surface area contributed by atoms with Crippen LogP contribution in [0, 0.1) is 0 Å². The van der Waals surface area contributed by atoms with Crippen molar-refractivity contribution in [3.63, 3.8) is 0 Å². The van der Waals surface area contributed by atoms with Gasteiger partial charge in [0.2, 0.25) is 0 Å². The van der Waals surface area contributed by atoms with Crippen molar-refractivity contribution in [2.75, 3.05) is 26.2 Å². The molecule has 0 unspecified atom stereocenters. The van der Waals surface area contributed by atoms with Gasteiger partial charge in [-0.1, -0.05) is 26.7 Å². The largest absolute Gasteiger partial charge is 0.335 e. The van der Waals surface area contributed by atoms with Crippen LogP contribution >= 0.6 is 0 Å². The molecule has 0 aliphatic heterocycles. The molecule has 0 aromatic rings. The molecule has 0 aliphatic carbocycles. The zero-order valence-electron chi connectivity index (χ0n) is 12.4. The predicted octanol–water partition coefficient (Wildman–Crippen LogP) is 2.28. The molecule has 0 saturated heterocycles. The number of amides is 2. The summed E-state index contributed by atoms with van der Waals surface area (Å²) >= 11 is 0. The van der Waals surface area contributed by atoms with Gasteiger partial charge in [-0.3, -0.25) is 9.59 Å². The third-order valence-corrected chi connectivity index (χ3v) is 3.08. The monoisotopic (exact) mass is 256 g/mol. The van der Waals surface area contributed by atoms with Crippen molar-refractivity contribution in [2.45, 2.75) is 53.4 Å². The lowest BCUT2D eigenvalue weighted by Crippen LogP contribution is -2.45. The van der Waals surface area contributed by atoms with Crippen LogP contribution in [0.5, 0.6) is 0 Å². The normalized spacial score (nSPS) is 10.2. The zero-order valence-corrected chi connectivity index (χ0v) is 12.4. The summed E-state index contributed by atoms with van der Waals surface area (Å²) in [5, 5.41) is 0. The molecule has 2 amide bonds. The average molecular weight is 256 g/mol. The van der Waals surface area contributed by atoms with E-state index in [4.69, 9.17) is 0 Å². The van der Waals surface area contributed by atoms with Crippen LogP contribution in [0.3, 0.4) is 0 Å². The van der Waals surface area contributed by atoms with Crippen molar-refractivity contribution < 1.29 is 9.59 Å². The van der Waals surface area contributed by atoms with E-state index in [1.54, 1.807) is 9.80 Å². The van der Waals surface area contributed by atoms with E-state index in [2.05, 4.69) is 13.8 Å². The molecule has 0 heterocycles. The first-order chi connectivity index (χ1) is 8.62. The van der Waals surface area contributed by atoms with Gasteiger partial charge in [-0.25, -0.2) is 0 Å². The van der Waals surface area contributed by atoms with Crippen LogP contribution in [0.4, 0.5) is 0 Å². The summed E-state index contributed by atoms with van der Waals surface area (Å²) in [4.78, 5) is 27.5. The second-order valence-electron chi connectivity index (χ2n) is 4.48. The Morgan fingerprint density at radius 3 is 1.44 bits per heavy atom. The van der Waals surface area contributed by atoms with Gasteiger partial charge < -0.3 is 9.80 Å². The molecule has 0 bridgehead atoms. The van der Waals surface area contributed by atoms with Gasteiger partial charge in [0.25, 0.3) is 0 Å². The standard InChI is InChI=1S/C14H28N2O2/c1-5-9-11-16(12-10-6-2)14(18)13(17)15(7-3)8-4/h5-12H2,1-4H3. The van der Waals surface area contributed by atoms with Crippen molar-refractivity contribution in [3.8, 4) is 0 Å². The first kappa shape index (κ1) is 16.9. The average Bonchev–Trinajstić information content (AvgIpc) is 2.39. The molecule has 0 fully saturated rings. The van der Waals surface area contributed by atoms with Crippen LogP contribution in [-0.2, 0) is 9.59 Å². The van der Waals surface area contributed by atoms with E-state index in [1.807, 2.05) is 13.8 Å². The van der Waals surface area contributed by atoms with Crippen LogP contribution in [0.25, 0.3) is 0 Å². The minimum atomic E-state index is -0.354. The van der Waals surface area contributed by atoms with Crippen molar-refractivity contribution in [2.24, 2.45) is 0 Å². The fraction of sp³-hybridized carbons (Fsp3) is 0.857. The second kappa shape index (κ2) is 9.92. The molecule has 18 heavy (non-hydrogen) atoms. The summed E-state index contributed by atoms with van der Waals surface area (Å²) in [5.41, 5.74) is 0. The summed E-state index contributed by atoms with van der Waals surface area (Å²) in [5.74, 6) is -0.687. The van der Waals surface area contributed by atoms with Crippen LogP contribution in [0.1, 0.15) is 53.4 Å². The Hall–Kier alpha value is -1.06. The Labute approximate surface area is 111 Å². The first-order valence-electron chi connectivity index (χ1n) is 7.20. The predicted molar refractivity (Wildman–Crippen MR) is 74.3 cm³/mol. The Kier molecular flexibility index (Phi) is 9.33. The van der Waals surface area contributed by atoms with Crippen molar-refractivity contribution in [3.05, 3.63) is 0 Å². The van der Waals surface area contributed by atoms with Crippen molar-refractivity contribution in [1.29, 1.82) is 0 Å². The Balaban J connectivity index is 4.55. The van der Waals surface area contributed by atoms with Gasteiger partial charge in [0.15, 0.2) is 0 Å².